The van der Waals surface area contributed by atoms with Crippen LogP contribution < -0.4 is 5.32 Å². The first-order chi connectivity index (χ1) is 13.0. The summed E-state index contributed by atoms with van der Waals surface area (Å²) in [6.45, 7) is 3.80. The zero-order valence-electron chi connectivity index (χ0n) is 15.1. The summed E-state index contributed by atoms with van der Waals surface area (Å²) >= 11 is 0. The van der Waals surface area contributed by atoms with Crippen LogP contribution in [0.3, 0.4) is 0 Å². The highest BCUT2D eigenvalue weighted by Gasteiger charge is 2.21. The summed E-state index contributed by atoms with van der Waals surface area (Å²) in [4.78, 5) is 29.2. The van der Waals surface area contributed by atoms with Gasteiger partial charge in [-0.05, 0) is 50.2 Å². The van der Waals surface area contributed by atoms with Crippen LogP contribution in [0.15, 0.2) is 54.6 Å². The summed E-state index contributed by atoms with van der Waals surface area (Å²) in [5, 5.41) is 12.8. The molecule has 0 bridgehead atoms. The molecule has 0 spiro atoms. The SMILES string of the molecule is CCNC(=O)[C@H](C)OC(=O)c1cc(-c2ccc(O)cc2)nc2ccccc12. The molecule has 1 amide bonds. The molecule has 27 heavy (non-hydrogen) atoms. The van der Waals surface area contributed by atoms with E-state index in [1.165, 1.54) is 6.92 Å². The van der Waals surface area contributed by atoms with E-state index in [4.69, 9.17) is 4.74 Å². The number of ether oxygens (including phenoxy) is 1. The van der Waals surface area contributed by atoms with Gasteiger partial charge in [0.05, 0.1) is 16.8 Å². The number of pyridine rings is 1. The van der Waals surface area contributed by atoms with Gasteiger partial charge in [-0.25, -0.2) is 9.78 Å². The third kappa shape index (κ3) is 4.06. The lowest BCUT2D eigenvalue weighted by molar-refractivity contribution is -0.128. The number of phenolic OH excluding ortho intramolecular Hbond substituents is 1. The smallest absolute Gasteiger partial charge is 0.339 e. The molecule has 6 heteroatoms. The highest BCUT2D eigenvalue weighted by atomic mass is 16.5. The molecule has 6 nitrogen and oxygen atoms in total. The molecule has 2 aromatic carbocycles. The van der Waals surface area contributed by atoms with Crippen LogP contribution in [0.25, 0.3) is 22.2 Å². The van der Waals surface area contributed by atoms with Crippen molar-refractivity contribution in [1.82, 2.24) is 10.3 Å². The minimum absolute atomic E-state index is 0.148. The van der Waals surface area contributed by atoms with Gasteiger partial charge in [-0.3, -0.25) is 4.79 Å². The Morgan fingerprint density at radius 1 is 1.15 bits per heavy atom. The van der Waals surface area contributed by atoms with Gasteiger partial charge in [-0.2, -0.15) is 0 Å². The van der Waals surface area contributed by atoms with E-state index >= 15 is 0 Å². The number of nitrogens with zero attached hydrogens (tertiary/aromatic N) is 1. The topological polar surface area (TPSA) is 88.5 Å². The van der Waals surface area contributed by atoms with Crippen molar-refractivity contribution in [3.63, 3.8) is 0 Å². The summed E-state index contributed by atoms with van der Waals surface area (Å²) in [7, 11) is 0. The predicted octanol–water partition coefficient (Wildman–Crippen LogP) is 3.29. The van der Waals surface area contributed by atoms with Crippen LogP contribution in [0.5, 0.6) is 5.75 Å². The summed E-state index contributed by atoms with van der Waals surface area (Å²) < 4.78 is 5.35. The second kappa shape index (κ2) is 7.86. The zero-order valence-corrected chi connectivity index (χ0v) is 15.1. The van der Waals surface area contributed by atoms with E-state index in [1.807, 2.05) is 18.2 Å². The molecule has 0 aliphatic carbocycles. The van der Waals surface area contributed by atoms with Gasteiger partial charge >= 0.3 is 5.97 Å². The van der Waals surface area contributed by atoms with E-state index < -0.39 is 12.1 Å². The van der Waals surface area contributed by atoms with E-state index in [2.05, 4.69) is 10.3 Å². The number of esters is 1. The van der Waals surface area contributed by atoms with Gasteiger partial charge in [0.25, 0.3) is 5.91 Å². The fourth-order valence-electron chi connectivity index (χ4n) is 2.72. The summed E-state index contributed by atoms with van der Waals surface area (Å²) in [5.41, 5.74) is 2.30. The van der Waals surface area contributed by atoms with Crippen molar-refractivity contribution >= 4 is 22.8 Å². The van der Waals surface area contributed by atoms with Gasteiger partial charge in [0.15, 0.2) is 6.10 Å². The fourth-order valence-corrected chi connectivity index (χ4v) is 2.72. The predicted molar refractivity (Wildman–Crippen MR) is 102 cm³/mol. The maximum absolute atomic E-state index is 12.7. The number of phenols is 1. The molecule has 1 aromatic heterocycles. The third-order valence-corrected chi connectivity index (χ3v) is 4.10. The van der Waals surface area contributed by atoms with Crippen molar-refractivity contribution in [3.8, 4) is 17.0 Å². The Kier molecular flexibility index (Phi) is 5.35. The lowest BCUT2D eigenvalue weighted by Crippen LogP contribution is -2.35. The first kappa shape index (κ1) is 18.4. The third-order valence-electron chi connectivity index (χ3n) is 4.10. The Hall–Kier alpha value is -3.41. The number of aromatic nitrogens is 1. The Labute approximate surface area is 156 Å². The highest BCUT2D eigenvalue weighted by Crippen LogP contribution is 2.26. The summed E-state index contributed by atoms with van der Waals surface area (Å²) in [5.74, 6) is -0.787. The molecule has 0 saturated carbocycles. The lowest BCUT2D eigenvalue weighted by Gasteiger charge is -2.14. The average molecular weight is 364 g/mol. The Morgan fingerprint density at radius 3 is 2.56 bits per heavy atom. The number of carbonyl (C=O) groups is 2. The summed E-state index contributed by atoms with van der Waals surface area (Å²) in [6.07, 6.45) is -0.901. The van der Waals surface area contributed by atoms with Gasteiger partial charge < -0.3 is 15.2 Å². The Morgan fingerprint density at radius 2 is 1.85 bits per heavy atom. The van der Waals surface area contributed by atoms with Crippen LogP contribution in [0, 0.1) is 0 Å². The fraction of sp³-hybridized carbons (Fsp3) is 0.190. The highest BCUT2D eigenvalue weighted by molar-refractivity contribution is 6.05. The van der Waals surface area contributed by atoms with Gasteiger partial charge in [-0.15, -0.1) is 0 Å². The normalized spacial score (nSPS) is 11.8. The summed E-state index contributed by atoms with van der Waals surface area (Å²) in [6, 6.07) is 15.4. The maximum Gasteiger partial charge on any atom is 0.339 e. The minimum atomic E-state index is -0.901. The molecule has 0 aliphatic heterocycles. The van der Waals surface area contributed by atoms with E-state index in [0.29, 0.717) is 28.7 Å². The zero-order chi connectivity index (χ0) is 19.4. The first-order valence-electron chi connectivity index (χ1n) is 8.67. The van der Waals surface area contributed by atoms with Crippen molar-refractivity contribution in [2.24, 2.45) is 0 Å². The number of rotatable bonds is 5. The average Bonchev–Trinajstić information content (AvgIpc) is 2.67. The van der Waals surface area contributed by atoms with Gasteiger partial charge in [0.1, 0.15) is 5.75 Å². The van der Waals surface area contributed by atoms with Crippen LogP contribution in [0.4, 0.5) is 0 Å². The molecule has 0 radical (unpaired) electrons. The number of amides is 1. The molecular weight excluding hydrogens is 344 g/mol. The van der Waals surface area contributed by atoms with Crippen LogP contribution in [-0.4, -0.2) is 34.6 Å². The van der Waals surface area contributed by atoms with Gasteiger partial charge in [0.2, 0.25) is 0 Å². The molecule has 3 aromatic rings. The molecule has 2 N–H and O–H groups in total. The largest absolute Gasteiger partial charge is 0.508 e. The van der Waals surface area contributed by atoms with Crippen molar-refractivity contribution in [1.29, 1.82) is 0 Å². The van der Waals surface area contributed by atoms with Crippen LogP contribution >= 0.6 is 0 Å². The maximum atomic E-state index is 12.7. The number of benzene rings is 2. The molecule has 0 fully saturated rings. The Bertz CT molecular complexity index is 983. The molecular formula is C21H20N2O4. The minimum Gasteiger partial charge on any atom is -0.508 e. The molecule has 0 unspecified atom stereocenters. The van der Waals surface area contributed by atoms with E-state index in [0.717, 1.165) is 5.56 Å². The number of para-hydroxylation sites is 1. The second-order valence-corrected chi connectivity index (χ2v) is 6.06. The van der Waals surface area contributed by atoms with Crippen LogP contribution in [0.2, 0.25) is 0 Å². The van der Waals surface area contributed by atoms with E-state index in [9.17, 15) is 14.7 Å². The van der Waals surface area contributed by atoms with E-state index in [-0.39, 0.29) is 11.7 Å². The second-order valence-electron chi connectivity index (χ2n) is 6.06. The monoisotopic (exact) mass is 364 g/mol. The Balaban J connectivity index is 2.01. The van der Waals surface area contributed by atoms with Crippen LogP contribution in [0.1, 0.15) is 24.2 Å². The van der Waals surface area contributed by atoms with Crippen molar-refractivity contribution < 1.29 is 19.4 Å². The molecule has 3 rings (SSSR count). The molecule has 1 atom stereocenters. The number of hydrogen-bond acceptors (Lipinski definition) is 5. The lowest BCUT2D eigenvalue weighted by atomic mass is 10.0. The van der Waals surface area contributed by atoms with Crippen LogP contribution in [-0.2, 0) is 9.53 Å². The molecule has 0 saturated heterocycles. The van der Waals surface area contributed by atoms with Crippen molar-refractivity contribution in [3.05, 3.63) is 60.2 Å². The number of nitrogens with one attached hydrogen (secondary N) is 1. The van der Waals surface area contributed by atoms with Crippen molar-refractivity contribution in [2.45, 2.75) is 20.0 Å². The standard InChI is InChI=1S/C21H20N2O4/c1-3-22-20(25)13(2)27-21(26)17-12-19(14-8-10-15(24)11-9-14)23-18-7-5-4-6-16(17)18/h4-13,24H,3H2,1-2H3,(H,22,25)/t13-/m0/s1. The number of carbonyl (C=O) groups excluding carboxylic acids is 2. The number of likely N-dealkylation sites (N-methyl/N-ethyl adjacent to an activating group) is 1. The molecule has 1 heterocycles. The van der Waals surface area contributed by atoms with E-state index in [1.54, 1.807) is 43.3 Å². The number of aromatic hydroxyl groups is 1. The molecule has 0 aliphatic rings. The first-order valence-corrected chi connectivity index (χ1v) is 8.67. The number of hydrogen-bond donors (Lipinski definition) is 2. The number of fused-ring (bicyclic) bond motifs is 1. The quantitative estimate of drug-likeness (QED) is 0.678. The van der Waals surface area contributed by atoms with Gasteiger partial charge in [-0.1, -0.05) is 18.2 Å². The van der Waals surface area contributed by atoms with Gasteiger partial charge in [0, 0.05) is 17.5 Å². The van der Waals surface area contributed by atoms with Crippen molar-refractivity contribution in [2.75, 3.05) is 6.54 Å². The molecule has 138 valence electrons.